The number of amides is 1. The fourth-order valence-corrected chi connectivity index (χ4v) is 5.03. The number of piperidine rings is 1. The van der Waals surface area contributed by atoms with E-state index in [-0.39, 0.29) is 30.0 Å². The van der Waals surface area contributed by atoms with Gasteiger partial charge in [-0.2, -0.15) is 5.10 Å². The normalized spacial score (nSPS) is 20.7. The average Bonchev–Trinajstić information content (AvgIpc) is 3.33. The standard InChI is InChI=1S/C20H26N6O2S/c1-12(2)18-23-25(20(28)15-8-16-19(26(15)18)21-11-29-16)10-17(27)22-13-4-3-7-24(9-13)14-5-6-14/h8,11-14H,3-7,9-10H2,1-2H3,(H,22,27). The lowest BCUT2D eigenvalue weighted by Gasteiger charge is -2.33. The Kier molecular flexibility index (Phi) is 4.66. The number of thiazole rings is 1. The lowest BCUT2D eigenvalue weighted by molar-refractivity contribution is -0.123. The first-order valence-electron chi connectivity index (χ1n) is 10.4. The predicted octanol–water partition coefficient (Wildman–Crippen LogP) is 1.97. The summed E-state index contributed by atoms with van der Waals surface area (Å²) in [5, 5.41) is 7.68. The largest absolute Gasteiger partial charge is 0.350 e. The zero-order valence-electron chi connectivity index (χ0n) is 16.8. The van der Waals surface area contributed by atoms with Crippen LogP contribution >= 0.6 is 11.3 Å². The summed E-state index contributed by atoms with van der Waals surface area (Å²) in [6.07, 6.45) is 4.66. The fraction of sp³-hybridized carbons (Fsp3) is 0.600. The van der Waals surface area contributed by atoms with E-state index in [1.807, 2.05) is 24.3 Å². The Labute approximate surface area is 172 Å². The summed E-state index contributed by atoms with van der Waals surface area (Å²) in [7, 11) is 0. The highest BCUT2D eigenvalue weighted by atomic mass is 32.1. The molecule has 2 fully saturated rings. The molecule has 2 aliphatic rings. The summed E-state index contributed by atoms with van der Waals surface area (Å²) >= 11 is 1.50. The van der Waals surface area contributed by atoms with Crippen molar-refractivity contribution in [3.05, 3.63) is 27.8 Å². The molecule has 29 heavy (non-hydrogen) atoms. The zero-order chi connectivity index (χ0) is 20.1. The maximum atomic E-state index is 13.0. The second-order valence-electron chi connectivity index (χ2n) is 8.51. The van der Waals surface area contributed by atoms with Gasteiger partial charge in [0.25, 0.3) is 5.56 Å². The summed E-state index contributed by atoms with van der Waals surface area (Å²) in [4.78, 5) is 32.6. The van der Waals surface area contributed by atoms with Gasteiger partial charge in [-0.15, -0.1) is 11.3 Å². The van der Waals surface area contributed by atoms with Crippen LogP contribution in [0.2, 0.25) is 0 Å². The highest BCUT2D eigenvalue weighted by Crippen LogP contribution is 2.29. The van der Waals surface area contributed by atoms with Gasteiger partial charge < -0.3 is 5.32 Å². The molecule has 0 bridgehead atoms. The predicted molar refractivity (Wildman–Crippen MR) is 112 cm³/mol. The van der Waals surface area contributed by atoms with Gasteiger partial charge in [0, 0.05) is 24.5 Å². The van der Waals surface area contributed by atoms with Gasteiger partial charge in [0.2, 0.25) is 5.91 Å². The van der Waals surface area contributed by atoms with Gasteiger partial charge in [0.1, 0.15) is 17.9 Å². The molecule has 1 amide bonds. The van der Waals surface area contributed by atoms with E-state index in [1.165, 1.54) is 28.9 Å². The number of carbonyl (C=O) groups is 1. The number of hydrogen-bond acceptors (Lipinski definition) is 6. The molecule has 1 saturated heterocycles. The zero-order valence-corrected chi connectivity index (χ0v) is 17.6. The van der Waals surface area contributed by atoms with Crippen molar-refractivity contribution < 1.29 is 4.79 Å². The van der Waals surface area contributed by atoms with E-state index in [4.69, 9.17) is 0 Å². The molecule has 1 saturated carbocycles. The van der Waals surface area contributed by atoms with Crippen molar-refractivity contribution >= 4 is 33.1 Å². The number of nitrogens with zero attached hydrogens (tertiary/aromatic N) is 5. The van der Waals surface area contributed by atoms with Crippen molar-refractivity contribution in [2.45, 2.75) is 64.1 Å². The summed E-state index contributed by atoms with van der Waals surface area (Å²) in [5.74, 6) is 0.689. The van der Waals surface area contributed by atoms with Gasteiger partial charge >= 0.3 is 0 Å². The highest BCUT2D eigenvalue weighted by Gasteiger charge is 2.33. The first kappa shape index (κ1) is 18.7. The Morgan fingerprint density at radius 2 is 2.17 bits per heavy atom. The molecule has 0 spiro atoms. The Balaban J connectivity index is 1.40. The van der Waals surface area contributed by atoms with Crippen LogP contribution in [0, 0.1) is 0 Å². The van der Waals surface area contributed by atoms with Crippen LogP contribution in [-0.4, -0.2) is 55.1 Å². The molecule has 1 atom stereocenters. The minimum atomic E-state index is -0.252. The van der Waals surface area contributed by atoms with E-state index in [2.05, 4.69) is 20.3 Å². The molecule has 0 radical (unpaired) electrons. The maximum absolute atomic E-state index is 13.0. The molecule has 3 aromatic rings. The maximum Gasteiger partial charge on any atom is 0.291 e. The number of nitrogens with one attached hydrogen (secondary N) is 1. The van der Waals surface area contributed by atoms with Crippen molar-refractivity contribution in [3.8, 4) is 0 Å². The molecule has 8 nitrogen and oxygen atoms in total. The van der Waals surface area contributed by atoms with E-state index in [1.54, 1.807) is 5.51 Å². The van der Waals surface area contributed by atoms with Crippen LogP contribution in [-0.2, 0) is 11.3 Å². The van der Waals surface area contributed by atoms with Crippen molar-refractivity contribution in [1.29, 1.82) is 0 Å². The molecule has 1 unspecified atom stereocenters. The Morgan fingerprint density at radius 1 is 1.34 bits per heavy atom. The molecule has 5 rings (SSSR count). The lowest BCUT2D eigenvalue weighted by Crippen LogP contribution is -2.49. The minimum Gasteiger partial charge on any atom is -0.350 e. The summed E-state index contributed by atoms with van der Waals surface area (Å²) in [6.45, 7) is 6.05. The van der Waals surface area contributed by atoms with Crippen LogP contribution in [0.4, 0.5) is 0 Å². The molecule has 0 aromatic carbocycles. The van der Waals surface area contributed by atoms with E-state index >= 15 is 0 Å². The monoisotopic (exact) mass is 414 g/mol. The summed E-state index contributed by atoms with van der Waals surface area (Å²) in [6, 6.07) is 2.72. The van der Waals surface area contributed by atoms with Crippen LogP contribution in [0.15, 0.2) is 16.4 Å². The third kappa shape index (κ3) is 3.46. The molecule has 3 aromatic heterocycles. The van der Waals surface area contributed by atoms with Crippen LogP contribution in [0.5, 0.6) is 0 Å². The number of carbonyl (C=O) groups excluding carboxylic acids is 1. The van der Waals surface area contributed by atoms with Gasteiger partial charge in [-0.05, 0) is 38.3 Å². The molecule has 1 aliphatic heterocycles. The van der Waals surface area contributed by atoms with Gasteiger partial charge in [-0.1, -0.05) is 13.8 Å². The van der Waals surface area contributed by atoms with Crippen molar-refractivity contribution in [1.82, 2.24) is 29.4 Å². The number of fused-ring (bicyclic) bond motifs is 3. The average molecular weight is 415 g/mol. The summed E-state index contributed by atoms with van der Waals surface area (Å²) in [5.41, 5.74) is 2.81. The molecular formula is C20H26N6O2S. The van der Waals surface area contributed by atoms with Gasteiger partial charge in [0.15, 0.2) is 5.65 Å². The quantitative estimate of drug-likeness (QED) is 0.690. The third-order valence-corrected chi connectivity index (χ3v) is 6.66. The topological polar surface area (TPSA) is 84.5 Å². The lowest BCUT2D eigenvalue weighted by atomic mass is 10.1. The second-order valence-corrected chi connectivity index (χ2v) is 9.40. The van der Waals surface area contributed by atoms with Crippen molar-refractivity contribution in [3.63, 3.8) is 0 Å². The molecule has 9 heteroatoms. The molecular weight excluding hydrogens is 388 g/mol. The number of hydrogen-bond donors (Lipinski definition) is 1. The van der Waals surface area contributed by atoms with E-state index in [0.29, 0.717) is 11.6 Å². The number of likely N-dealkylation sites (tertiary alicyclic amines) is 1. The van der Waals surface area contributed by atoms with E-state index in [9.17, 15) is 9.59 Å². The van der Waals surface area contributed by atoms with Crippen LogP contribution in [0.3, 0.4) is 0 Å². The van der Waals surface area contributed by atoms with E-state index in [0.717, 1.165) is 42.1 Å². The van der Waals surface area contributed by atoms with Gasteiger partial charge in [0.05, 0.1) is 10.2 Å². The molecule has 1 aliphatic carbocycles. The van der Waals surface area contributed by atoms with Crippen LogP contribution in [0.25, 0.3) is 15.9 Å². The minimum absolute atomic E-state index is 0.0543. The first-order chi connectivity index (χ1) is 14.0. The van der Waals surface area contributed by atoms with E-state index < -0.39 is 0 Å². The summed E-state index contributed by atoms with van der Waals surface area (Å²) < 4.78 is 4.10. The molecule has 4 heterocycles. The van der Waals surface area contributed by atoms with Crippen LogP contribution in [0.1, 0.15) is 51.3 Å². The Morgan fingerprint density at radius 3 is 2.93 bits per heavy atom. The third-order valence-electron chi connectivity index (χ3n) is 5.89. The smallest absolute Gasteiger partial charge is 0.291 e. The van der Waals surface area contributed by atoms with Crippen LogP contribution < -0.4 is 10.9 Å². The SMILES string of the molecule is CC(C)c1nn(CC(=O)NC2CCCN(C3CC3)C2)c(=O)c2cc3scnc3n12. The van der Waals surface area contributed by atoms with Crippen molar-refractivity contribution in [2.24, 2.45) is 0 Å². The van der Waals surface area contributed by atoms with Gasteiger partial charge in [-0.25, -0.2) is 9.67 Å². The fourth-order valence-electron chi connectivity index (χ4n) is 4.34. The van der Waals surface area contributed by atoms with Gasteiger partial charge in [-0.3, -0.25) is 18.9 Å². The second kappa shape index (κ2) is 7.21. The Bertz CT molecular complexity index is 1130. The number of aromatic nitrogens is 4. The van der Waals surface area contributed by atoms with Crippen molar-refractivity contribution in [2.75, 3.05) is 13.1 Å². The number of rotatable bonds is 5. The molecule has 154 valence electrons. The first-order valence-corrected chi connectivity index (χ1v) is 11.3. The highest BCUT2D eigenvalue weighted by molar-refractivity contribution is 7.16. The Hall–Kier alpha value is -2.26. The molecule has 1 N–H and O–H groups in total.